The zero-order valence-corrected chi connectivity index (χ0v) is 24.3. The molecular weight excluding hydrogens is 749 g/mol. The minimum Gasteiger partial charge on any atom is -0.487 e. The standard InChI is InChI=1S/C25H14Cl2I2N2O6/c26-14-2-1-13(17(27)8-14)10-35-22-18(28)6-12(7-19(22)29)5-16-23(32)30-25(34)31(24(16)33)15-3-4-20-21(9-15)37-11-36-20/h1-9H,10-11H2,(H,30,32,34)/b16-5+. The lowest BCUT2D eigenvalue weighted by atomic mass is 10.1. The van der Waals surface area contributed by atoms with Crippen LogP contribution in [0.25, 0.3) is 6.08 Å². The quantitative estimate of drug-likeness (QED) is 0.190. The number of halogens is 4. The second kappa shape index (κ2) is 10.7. The Bertz CT molecular complexity index is 1490. The van der Waals surface area contributed by atoms with Gasteiger partial charge in [0.05, 0.1) is 12.8 Å². The summed E-state index contributed by atoms with van der Waals surface area (Å²) >= 11 is 16.4. The van der Waals surface area contributed by atoms with E-state index in [1.807, 2.05) is 0 Å². The van der Waals surface area contributed by atoms with Gasteiger partial charge in [0, 0.05) is 21.7 Å². The van der Waals surface area contributed by atoms with Gasteiger partial charge in [-0.1, -0.05) is 29.3 Å². The Kier molecular flexibility index (Phi) is 7.52. The Balaban J connectivity index is 1.41. The molecule has 0 spiro atoms. The molecule has 37 heavy (non-hydrogen) atoms. The number of carbonyl (C=O) groups is 3. The van der Waals surface area contributed by atoms with Crippen LogP contribution in [0.5, 0.6) is 17.2 Å². The largest absolute Gasteiger partial charge is 0.487 e. The fourth-order valence-electron chi connectivity index (χ4n) is 3.67. The normalized spacial score (nSPS) is 15.8. The Labute approximate surface area is 248 Å². The first-order chi connectivity index (χ1) is 17.7. The average Bonchev–Trinajstić information content (AvgIpc) is 3.30. The highest BCUT2D eigenvalue weighted by Crippen LogP contribution is 2.37. The lowest BCUT2D eigenvalue weighted by molar-refractivity contribution is -0.122. The maximum Gasteiger partial charge on any atom is 0.335 e. The van der Waals surface area contributed by atoms with Crippen molar-refractivity contribution in [2.24, 2.45) is 0 Å². The predicted octanol–water partition coefficient (Wildman–Crippen LogP) is 6.18. The third-order valence-corrected chi connectivity index (χ3v) is 7.62. The molecule has 1 saturated heterocycles. The van der Waals surface area contributed by atoms with Crippen molar-refractivity contribution in [1.29, 1.82) is 0 Å². The molecule has 188 valence electrons. The molecule has 0 radical (unpaired) electrons. The molecule has 2 aliphatic rings. The fourth-order valence-corrected chi connectivity index (χ4v) is 6.26. The van der Waals surface area contributed by atoms with Gasteiger partial charge in [0.2, 0.25) is 6.79 Å². The highest BCUT2D eigenvalue weighted by molar-refractivity contribution is 14.1. The topological polar surface area (TPSA) is 94.2 Å². The molecule has 0 bridgehead atoms. The van der Waals surface area contributed by atoms with E-state index in [2.05, 4.69) is 50.5 Å². The summed E-state index contributed by atoms with van der Waals surface area (Å²) < 4.78 is 18.1. The van der Waals surface area contributed by atoms with Crippen LogP contribution in [0.4, 0.5) is 10.5 Å². The molecule has 0 atom stereocenters. The first kappa shape index (κ1) is 26.1. The molecule has 3 aromatic carbocycles. The van der Waals surface area contributed by atoms with Crippen molar-refractivity contribution < 1.29 is 28.6 Å². The van der Waals surface area contributed by atoms with E-state index in [4.69, 9.17) is 37.4 Å². The van der Waals surface area contributed by atoms with E-state index in [0.717, 1.165) is 17.6 Å². The number of carbonyl (C=O) groups excluding carboxylic acids is 3. The van der Waals surface area contributed by atoms with Crippen LogP contribution < -0.4 is 24.4 Å². The van der Waals surface area contributed by atoms with Crippen molar-refractivity contribution in [1.82, 2.24) is 5.32 Å². The number of hydrogen-bond acceptors (Lipinski definition) is 6. The van der Waals surface area contributed by atoms with Gasteiger partial charge in [-0.2, -0.15) is 0 Å². The summed E-state index contributed by atoms with van der Waals surface area (Å²) in [4.78, 5) is 39.3. The van der Waals surface area contributed by atoms with Gasteiger partial charge in [-0.25, -0.2) is 9.69 Å². The number of ether oxygens (including phenoxy) is 3. The number of barbiturate groups is 1. The van der Waals surface area contributed by atoms with Crippen molar-refractivity contribution in [3.05, 3.63) is 82.4 Å². The van der Waals surface area contributed by atoms with Crippen LogP contribution in [-0.2, 0) is 16.2 Å². The number of hydrogen-bond donors (Lipinski definition) is 1. The lowest BCUT2D eigenvalue weighted by Crippen LogP contribution is -2.54. The third-order valence-electron chi connectivity index (χ3n) is 5.43. The number of benzene rings is 3. The summed E-state index contributed by atoms with van der Waals surface area (Å²) in [6.07, 6.45) is 1.44. The molecule has 2 aliphatic heterocycles. The zero-order valence-electron chi connectivity index (χ0n) is 18.5. The Morgan fingerprint density at radius 1 is 0.973 bits per heavy atom. The van der Waals surface area contributed by atoms with E-state index in [1.165, 1.54) is 12.1 Å². The van der Waals surface area contributed by atoms with Gasteiger partial charge in [0.25, 0.3) is 11.8 Å². The second-order valence-corrected chi connectivity index (χ2v) is 11.0. The van der Waals surface area contributed by atoms with Crippen LogP contribution >= 0.6 is 68.4 Å². The minimum absolute atomic E-state index is 0.0479. The SMILES string of the molecule is O=C1NC(=O)N(c2ccc3c(c2)OCO3)C(=O)/C1=C/c1cc(I)c(OCc2ccc(Cl)cc2Cl)c(I)c1. The maximum atomic E-state index is 13.3. The van der Waals surface area contributed by atoms with Gasteiger partial charge < -0.3 is 14.2 Å². The van der Waals surface area contributed by atoms with Gasteiger partial charge in [-0.3, -0.25) is 14.9 Å². The van der Waals surface area contributed by atoms with Crippen molar-refractivity contribution in [2.75, 3.05) is 11.7 Å². The number of rotatable bonds is 5. The molecule has 0 saturated carbocycles. The number of nitrogens with zero attached hydrogens (tertiary/aromatic N) is 1. The van der Waals surface area contributed by atoms with Gasteiger partial charge in [-0.15, -0.1) is 0 Å². The summed E-state index contributed by atoms with van der Waals surface area (Å²) in [5.74, 6) is 0.00127. The molecule has 0 unspecified atom stereocenters. The smallest absolute Gasteiger partial charge is 0.335 e. The molecule has 12 heteroatoms. The minimum atomic E-state index is -0.847. The summed E-state index contributed by atoms with van der Waals surface area (Å²) in [6, 6.07) is 12.5. The van der Waals surface area contributed by atoms with Crippen molar-refractivity contribution in [2.45, 2.75) is 6.61 Å². The molecule has 8 nitrogen and oxygen atoms in total. The molecule has 0 aliphatic carbocycles. The van der Waals surface area contributed by atoms with E-state index < -0.39 is 17.8 Å². The number of fused-ring (bicyclic) bond motifs is 1. The molecule has 4 amide bonds. The number of urea groups is 1. The van der Waals surface area contributed by atoms with E-state index in [0.29, 0.717) is 32.9 Å². The third kappa shape index (κ3) is 5.38. The van der Waals surface area contributed by atoms with Crippen LogP contribution in [0.15, 0.2) is 54.1 Å². The summed E-state index contributed by atoms with van der Waals surface area (Å²) in [5, 5.41) is 3.26. The first-order valence-electron chi connectivity index (χ1n) is 10.6. The summed E-state index contributed by atoms with van der Waals surface area (Å²) in [5.41, 5.74) is 1.43. The number of nitrogens with one attached hydrogen (secondary N) is 1. The summed E-state index contributed by atoms with van der Waals surface area (Å²) in [7, 11) is 0. The number of anilines is 1. The molecule has 5 rings (SSSR count). The van der Waals surface area contributed by atoms with Gasteiger partial charge in [-0.05, 0) is 93.2 Å². The van der Waals surface area contributed by atoms with Crippen LogP contribution in [0, 0.1) is 7.14 Å². The zero-order chi connectivity index (χ0) is 26.3. The van der Waals surface area contributed by atoms with Crippen LogP contribution in [0.2, 0.25) is 10.0 Å². The molecular formula is C25H14Cl2I2N2O6. The van der Waals surface area contributed by atoms with Crippen molar-refractivity contribution >= 4 is 98.0 Å². The Morgan fingerprint density at radius 2 is 1.70 bits per heavy atom. The van der Waals surface area contributed by atoms with Crippen LogP contribution in [0.1, 0.15) is 11.1 Å². The van der Waals surface area contributed by atoms with Crippen LogP contribution in [0.3, 0.4) is 0 Å². The molecule has 1 N–H and O–H groups in total. The van der Waals surface area contributed by atoms with E-state index >= 15 is 0 Å². The van der Waals surface area contributed by atoms with E-state index in [1.54, 1.807) is 42.5 Å². The molecule has 2 heterocycles. The second-order valence-electron chi connectivity index (χ2n) is 7.83. The highest BCUT2D eigenvalue weighted by atomic mass is 127. The fraction of sp³-hybridized carbons (Fsp3) is 0.0800. The van der Waals surface area contributed by atoms with Gasteiger partial charge in [0.1, 0.15) is 17.9 Å². The van der Waals surface area contributed by atoms with Gasteiger partial charge >= 0.3 is 6.03 Å². The molecule has 1 fully saturated rings. The predicted molar refractivity (Wildman–Crippen MR) is 154 cm³/mol. The summed E-state index contributed by atoms with van der Waals surface area (Å²) in [6.45, 7) is 0.280. The molecule has 0 aromatic heterocycles. The molecule has 3 aromatic rings. The average molecular weight is 763 g/mol. The van der Waals surface area contributed by atoms with E-state index in [-0.39, 0.29) is 24.7 Å². The monoisotopic (exact) mass is 762 g/mol. The van der Waals surface area contributed by atoms with Crippen molar-refractivity contribution in [3.8, 4) is 17.2 Å². The Morgan fingerprint density at radius 3 is 2.43 bits per heavy atom. The lowest BCUT2D eigenvalue weighted by Gasteiger charge is -2.26. The van der Waals surface area contributed by atoms with E-state index in [9.17, 15) is 14.4 Å². The van der Waals surface area contributed by atoms with Crippen LogP contribution in [-0.4, -0.2) is 24.6 Å². The Hall–Kier alpha value is -2.55. The number of amides is 4. The highest BCUT2D eigenvalue weighted by Gasteiger charge is 2.37. The van der Waals surface area contributed by atoms with Crippen molar-refractivity contribution in [3.63, 3.8) is 0 Å². The first-order valence-corrected chi connectivity index (χ1v) is 13.5. The number of imide groups is 2. The van der Waals surface area contributed by atoms with Gasteiger partial charge in [0.15, 0.2) is 11.5 Å². The maximum absolute atomic E-state index is 13.3.